The van der Waals surface area contributed by atoms with Gasteiger partial charge < -0.3 is 5.43 Å². The van der Waals surface area contributed by atoms with Crippen LogP contribution in [-0.4, -0.2) is 26.9 Å². The maximum atomic E-state index is 13.1. The molecule has 0 amide bonds. The van der Waals surface area contributed by atoms with Gasteiger partial charge in [0.2, 0.25) is 0 Å². The lowest BCUT2D eigenvalue weighted by molar-refractivity contribution is 0.629. The summed E-state index contributed by atoms with van der Waals surface area (Å²) in [5, 5.41) is 8.32. The van der Waals surface area contributed by atoms with E-state index in [1.165, 1.54) is 16.8 Å². The van der Waals surface area contributed by atoms with Gasteiger partial charge in [0.1, 0.15) is 17.2 Å². The number of rotatable bonds is 1. The van der Waals surface area contributed by atoms with Crippen molar-refractivity contribution in [3.63, 3.8) is 0 Å². The zero-order valence-electron chi connectivity index (χ0n) is 10.3. The second kappa shape index (κ2) is 3.98. The maximum absolute atomic E-state index is 13.1. The lowest BCUT2D eigenvalue weighted by atomic mass is 10.2. The van der Waals surface area contributed by atoms with Gasteiger partial charge in [0.05, 0.1) is 5.52 Å². The summed E-state index contributed by atoms with van der Waals surface area (Å²) in [7, 11) is 1.62. The first-order valence-corrected chi connectivity index (χ1v) is 5.65. The number of halogens is 1. The Hall–Kier alpha value is -2.57. The van der Waals surface area contributed by atoms with Crippen LogP contribution in [0.15, 0.2) is 23.0 Å². The normalized spacial score (nSPS) is 11.1. The molecular formula is C12H10FN5O. The van der Waals surface area contributed by atoms with Gasteiger partial charge in [0.25, 0.3) is 0 Å². The zero-order chi connectivity index (χ0) is 13.6. The van der Waals surface area contributed by atoms with Crippen LogP contribution < -0.4 is 11.0 Å². The topological polar surface area (TPSA) is 72.7 Å². The van der Waals surface area contributed by atoms with Crippen molar-refractivity contribution in [3.05, 3.63) is 40.2 Å². The second-order valence-corrected chi connectivity index (χ2v) is 4.08. The molecule has 19 heavy (non-hydrogen) atoms. The average molecular weight is 259 g/mol. The summed E-state index contributed by atoms with van der Waals surface area (Å²) < 4.78 is 14.4. The average Bonchev–Trinajstić information content (AvgIpc) is 2.38. The monoisotopic (exact) mass is 259 g/mol. The van der Waals surface area contributed by atoms with Crippen molar-refractivity contribution >= 4 is 21.9 Å². The van der Waals surface area contributed by atoms with Gasteiger partial charge in [-0.1, -0.05) is 0 Å². The molecule has 7 heteroatoms. The van der Waals surface area contributed by atoms with Gasteiger partial charge in [-0.05, 0) is 19.1 Å². The molecule has 0 aliphatic heterocycles. The minimum atomic E-state index is -0.401. The molecule has 0 aliphatic rings. The Balaban J connectivity index is 2.54. The standard InChI is InChI=1S/C12H10FN5O/c1-6-15-10-8-4-3-7(13)5-9(8)16-17-11(10)12(19)18(6)14-2/h3-5,14H,1-2H3. The summed E-state index contributed by atoms with van der Waals surface area (Å²) in [6.45, 7) is 1.70. The summed E-state index contributed by atoms with van der Waals surface area (Å²) in [5.74, 6) is 0.0973. The molecule has 0 atom stereocenters. The quantitative estimate of drug-likeness (QED) is 0.659. The molecule has 2 aromatic heterocycles. The Morgan fingerprint density at radius 3 is 2.79 bits per heavy atom. The minimum Gasteiger partial charge on any atom is -0.325 e. The molecule has 0 saturated carbocycles. The summed E-state index contributed by atoms with van der Waals surface area (Å²) >= 11 is 0. The number of nitrogens with zero attached hydrogens (tertiary/aromatic N) is 4. The first kappa shape index (κ1) is 11.5. The van der Waals surface area contributed by atoms with Crippen LogP contribution in [0.5, 0.6) is 0 Å². The van der Waals surface area contributed by atoms with Crippen LogP contribution in [0.1, 0.15) is 5.82 Å². The third-order valence-corrected chi connectivity index (χ3v) is 2.92. The summed E-state index contributed by atoms with van der Waals surface area (Å²) in [4.78, 5) is 16.5. The predicted molar refractivity (Wildman–Crippen MR) is 69.1 cm³/mol. The van der Waals surface area contributed by atoms with Crippen LogP contribution in [-0.2, 0) is 0 Å². The van der Waals surface area contributed by atoms with Gasteiger partial charge in [-0.2, -0.15) is 0 Å². The second-order valence-electron chi connectivity index (χ2n) is 4.08. The van der Waals surface area contributed by atoms with Crippen molar-refractivity contribution in [1.82, 2.24) is 19.9 Å². The molecule has 0 radical (unpaired) electrons. The van der Waals surface area contributed by atoms with E-state index in [1.54, 1.807) is 20.0 Å². The van der Waals surface area contributed by atoms with Crippen molar-refractivity contribution in [3.8, 4) is 0 Å². The number of aryl methyl sites for hydroxylation is 1. The highest BCUT2D eigenvalue weighted by atomic mass is 19.1. The van der Waals surface area contributed by atoms with Crippen LogP contribution in [0.4, 0.5) is 4.39 Å². The summed E-state index contributed by atoms with van der Waals surface area (Å²) in [6.07, 6.45) is 0. The van der Waals surface area contributed by atoms with E-state index in [9.17, 15) is 9.18 Å². The first-order valence-electron chi connectivity index (χ1n) is 5.65. The van der Waals surface area contributed by atoms with Gasteiger partial charge in [-0.15, -0.1) is 10.2 Å². The van der Waals surface area contributed by atoms with Crippen LogP contribution in [0.25, 0.3) is 21.9 Å². The highest BCUT2D eigenvalue weighted by Crippen LogP contribution is 2.19. The van der Waals surface area contributed by atoms with E-state index in [1.807, 2.05) is 0 Å². The third-order valence-electron chi connectivity index (χ3n) is 2.92. The fourth-order valence-electron chi connectivity index (χ4n) is 2.05. The molecule has 0 fully saturated rings. The highest BCUT2D eigenvalue weighted by molar-refractivity contribution is 6.00. The Kier molecular flexibility index (Phi) is 2.41. The molecule has 3 aromatic rings. The highest BCUT2D eigenvalue weighted by Gasteiger charge is 2.12. The maximum Gasteiger partial charge on any atom is 0.300 e. The molecular weight excluding hydrogens is 249 g/mol. The molecule has 2 heterocycles. The first-order chi connectivity index (χ1) is 9.11. The van der Waals surface area contributed by atoms with Gasteiger partial charge in [-0.25, -0.2) is 14.1 Å². The molecule has 1 N–H and O–H groups in total. The zero-order valence-corrected chi connectivity index (χ0v) is 10.3. The number of hydrogen-bond acceptors (Lipinski definition) is 5. The summed E-state index contributed by atoms with van der Waals surface area (Å²) in [6, 6.07) is 4.13. The van der Waals surface area contributed by atoms with Crippen LogP contribution in [0.3, 0.4) is 0 Å². The molecule has 0 aliphatic carbocycles. The number of fused-ring (bicyclic) bond motifs is 3. The van der Waals surface area contributed by atoms with Crippen LogP contribution >= 0.6 is 0 Å². The Morgan fingerprint density at radius 1 is 1.26 bits per heavy atom. The van der Waals surface area contributed by atoms with E-state index in [4.69, 9.17) is 0 Å². The minimum absolute atomic E-state index is 0.152. The third kappa shape index (κ3) is 1.62. The number of hydrogen-bond donors (Lipinski definition) is 1. The van der Waals surface area contributed by atoms with E-state index >= 15 is 0 Å². The van der Waals surface area contributed by atoms with E-state index in [0.717, 1.165) is 0 Å². The van der Waals surface area contributed by atoms with E-state index in [0.29, 0.717) is 22.2 Å². The lowest BCUT2D eigenvalue weighted by Gasteiger charge is -2.09. The number of benzene rings is 1. The molecule has 0 bridgehead atoms. The SMILES string of the molecule is CNn1c(C)nc2c(nnc3cc(F)ccc32)c1=O. The molecule has 6 nitrogen and oxygen atoms in total. The van der Waals surface area contributed by atoms with E-state index in [2.05, 4.69) is 20.6 Å². The summed E-state index contributed by atoms with van der Waals surface area (Å²) in [5.41, 5.74) is 3.35. The lowest BCUT2D eigenvalue weighted by Crippen LogP contribution is -2.30. The Bertz CT molecular complexity index is 858. The van der Waals surface area contributed by atoms with E-state index in [-0.39, 0.29) is 11.1 Å². The molecule has 0 unspecified atom stereocenters. The fourth-order valence-corrected chi connectivity index (χ4v) is 2.05. The van der Waals surface area contributed by atoms with Gasteiger partial charge in [0, 0.05) is 18.5 Å². The van der Waals surface area contributed by atoms with Crippen molar-refractivity contribution in [1.29, 1.82) is 0 Å². The van der Waals surface area contributed by atoms with Crippen molar-refractivity contribution in [2.24, 2.45) is 0 Å². The van der Waals surface area contributed by atoms with Crippen molar-refractivity contribution < 1.29 is 4.39 Å². The van der Waals surface area contributed by atoms with Gasteiger partial charge in [0.15, 0.2) is 5.52 Å². The smallest absolute Gasteiger partial charge is 0.300 e. The van der Waals surface area contributed by atoms with E-state index < -0.39 is 5.82 Å². The number of aromatic nitrogens is 4. The van der Waals surface area contributed by atoms with Crippen molar-refractivity contribution in [2.45, 2.75) is 6.92 Å². The largest absolute Gasteiger partial charge is 0.325 e. The van der Waals surface area contributed by atoms with Crippen LogP contribution in [0.2, 0.25) is 0 Å². The number of nitrogens with one attached hydrogen (secondary N) is 1. The van der Waals surface area contributed by atoms with Gasteiger partial charge in [-0.3, -0.25) is 4.79 Å². The molecule has 0 spiro atoms. The fraction of sp³-hybridized carbons (Fsp3) is 0.167. The van der Waals surface area contributed by atoms with Crippen molar-refractivity contribution in [2.75, 3.05) is 12.5 Å². The van der Waals surface area contributed by atoms with Gasteiger partial charge >= 0.3 is 5.56 Å². The molecule has 0 saturated heterocycles. The molecule has 1 aromatic carbocycles. The molecule has 96 valence electrons. The molecule has 3 rings (SSSR count). The van der Waals surface area contributed by atoms with Crippen LogP contribution in [0, 0.1) is 12.7 Å². The Morgan fingerprint density at radius 2 is 2.05 bits per heavy atom. The Labute approximate surface area is 106 Å². The predicted octanol–water partition coefficient (Wildman–Crippen LogP) is 0.961.